The fourth-order valence-corrected chi connectivity index (χ4v) is 2.22. The van der Waals surface area contributed by atoms with Crippen LogP contribution in [0.1, 0.15) is 19.8 Å². The van der Waals surface area contributed by atoms with E-state index >= 15 is 0 Å². The van der Waals surface area contributed by atoms with Crippen LogP contribution in [0, 0.1) is 0 Å². The van der Waals surface area contributed by atoms with Crippen molar-refractivity contribution < 1.29 is 4.74 Å². The second kappa shape index (κ2) is 5.21. The van der Waals surface area contributed by atoms with Crippen LogP contribution in [0.15, 0.2) is 24.3 Å². The van der Waals surface area contributed by atoms with Gasteiger partial charge in [0.1, 0.15) is 5.75 Å². The van der Waals surface area contributed by atoms with Gasteiger partial charge >= 0.3 is 0 Å². The van der Waals surface area contributed by atoms with Crippen LogP contribution in [0.25, 0.3) is 0 Å². The monoisotopic (exact) mass is 220 g/mol. The molecule has 1 saturated heterocycles. The van der Waals surface area contributed by atoms with Crippen molar-refractivity contribution in [3.63, 3.8) is 0 Å². The van der Waals surface area contributed by atoms with E-state index in [4.69, 9.17) is 10.5 Å². The predicted octanol–water partition coefficient (Wildman–Crippen LogP) is 2.01. The zero-order valence-corrected chi connectivity index (χ0v) is 9.86. The lowest BCUT2D eigenvalue weighted by molar-refractivity contribution is 0.339. The van der Waals surface area contributed by atoms with Gasteiger partial charge in [-0.05, 0) is 31.9 Å². The zero-order valence-electron chi connectivity index (χ0n) is 9.86. The molecule has 1 aromatic rings. The van der Waals surface area contributed by atoms with Crippen molar-refractivity contribution in [3.05, 3.63) is 24.3 Å². The number of hydrogen-bond donors (Lipinski definition) is 1. The fourth-order valence-electron chi connectivity index (χ4n) is 2.22. The summed E-state index contributed by atoms with van der Waals surface area (Å²) in [6.07, 6.45) is 2.30. The van der Waals surface area contributed by atoms with Gasteiger partial charge in [0, 0.05) is 19.1 Å². The molecule has 1 aliphatic rings. The van der Waals surface area contributed by atoms with Gasteiger partial charge in [-0.15, -0.1) is 0 Å². The molecule has 0 aromatic heterocycles. The highest BCUT2D eigenvalue weighted by atomic mass is 16.5. The predicted molar refractivity (Wildman–Crippen MR) is 67.0 cm³/mol. The van der Waals surface area contributed by atoms with E-state index in [9.17, 15) is 0 Å². The van der Waals surface area contributed by atoms with Crippen molar-refractivity contribution in [2.75, 3.05) is 24.6 Å². The van der Waals surface area contributed by atoms with E-state index in [0.717, 1.165) is 25.3 Å². The highest BCUT2D eigenvalue weighted by molar-refractivity contribution is 5.58. The number of anilines is 1. The van der Waals surface area contributed by atoms with Crippen molar-refractivity contribution in [3.8, 4) is 5.75 Å². The van der Waals surface area contributed by atoms with E-state index in [-0.39, 0.29) is 0 Å². The molecule has 1 heterocycles. The maximum Gasteiger partial charge on any atom is 0.142 e. The van der Waals surface area contributed by atoms with Crippen molar-refractivity contribution in [1.29, 1.82) is 0 Å². The van der Waals surface area contributed by atoms with Gasteiger partial charge in [0.2, 0.25) is 0 Å². The Balaban J connectivity index is 2.17. The molecule has 0 radical (unpaired) electrons. The molecular weight excluding hydrogens is 200 g/mol. The normalized spacial score (nSPS) is 20.9. The Kier molecular flexibility index (Phi) is 3.67. The number of rotatable bonds is 3. The first kappa shape index (κ1) is 11.3. The molecule has 0 saturated carbocycles. The average molecular weight is 220 g/mol. The average Bonchev–Trinajstić information content (AvgIpc) is 2.30. The van der Waals surface area contributed by atoms with E-state index in [2.05, 4.69) is 17.0 Å². The van der Waals surface area contributed by atoms with Gasteiger partial charge in [-0.3, -0.25) is 0 Å². The Morgan fingerprint density at radius 1 is 1.44 bits per heavy atom. The largest absolute Gasteiger partial charge is 0.492 e. The summed E-state index contributed by atoms with van der Waals surface area (Å²) in [6.45, 7) is 4.73. The first-order chi connectivity index (χ1) is 7.81. The molecule has 1 aliphatic heterocycles. The van der Waals surface area contributed by atoms with Crippen molar-refractivity contribution >= 4 is 5.69 Å². The fraction of sp³-hybridized carbons (Fsp3) is 0.538. The molecule has 3 heteroatoms. The highest BCUT2D eigenvalue weighted by Gasteiger charge is 2.19. The first-order valence-corrected chi connectivity index (χ1v) is 6.03. The summed E-state index contributed by atoms with van der Waals surface area (Å²) in [6, 6.07) is 8.50. The van der Waals surface area contributed by atoms with E-state index in [1.807, 2.05) is 19.1 Å². The number of para-hydroxylation sites is 2. The SMILES string of the molecule is CCOc1ccccc1N1CCCC(N)C1. The molecule has 0 spiro atoms. The van der Waals surface area contributed by atoms with Crippen LogP contribution in [0.4, 0.5) is 5.69 Å². The molecule has 1 atom stereocenters. The Bertz CT molecular complexity index is 340. The topological polar surface area (TPSA) is 38.5 Å². The summed E-state index contributed by atoms with van der Waals surface area (Å²) < 4.78 is 5.64. The second-order valence-electron chi connectivity index (χ2n) is 4.25. The molecular formula is C13H20N2O. The van der Waals surface area contributed by atoms with Crippen LogP contribution in [0.2, 0.25) is 0 Å². The Morgan fingerprint density at radius 3 is 3.00 bits per heavy atom. The summed E-state index contributed by atoms with van der Waals surface area (Å²) in [5.74, 6) is 0.971. The first-order valence-electron chi connectivity index (χ1n) is 6.03. The summed E-state index contributed by atoms with van der Waals surface area (Å²) >= 11 is 0. The molecule has 1 fully saturated rings. The number of ether oxygens (including phenoxy) is 1. The van der Waals surface area contributed by atoms with E-state index in [0.29, 0.717) is 12.6 Å². The molecule has 0 aliphatic carbocycles. The molecule has 2 N–H and O–H groups in total. The van der Waals surface area contributed by atoms with E-state index in [1.165, 1.54) is 12.1 Å². The third-order valence-electron chi connectivity index (χ3n) is 2.96. The molecule has 0 bridgehead atoms. The standard InChI is InChI=1S/C13H20N2O/c1-2-16-13-8-4-3-7-12(13)15-9-5-6-11(14)10-15/h3-4,7-8,11H,2,5-6,9-10,14H2,1H3. The van der Waals surface area contributed by atoms with Crippen LogP contribution >= 0.6 is 0 Å². The Morgan fingerprint density at radius 2 is 2.25 bits per heavy atom. The summed E-state index contributed by atoms with van der Waals surface area (Å²) in [7, 11) is 0. The van der Waals surface area contributed by atoms with E-state index < -0.39 is 0 Å². The van der Waals surface area contributed by atoms with Crippen LogP contribution < -0.4 is 15.4 Å². The van der Waals surface area contributed by atoms with Gasteiger partial charge in [0.05, 0.1) is 12.3 Å². The van der Waals surface area contributed by atoms with Gasteiger partial charge in [-0.25, -0.2) is 0 Å². The maximum absolute atomic E-state index is 6.00. The third kappa shape index (κ3) is 2.47. The lowest BCUT2D eigenvalue weighted by Gasteiger charge is -2.33. The summed E-state index contributed by atoms with van der Waals surface area (Å²) in [4.78, 5) is 2.33. The zero-order chi connectivity index (χ0) is 11.4. The number of hydrogen-bond acceptors (Lipinski definition) is 3. The number of benzene rings is 1. The third-order valence-corrected chi connectivity index (χ3v) is 2.96. The molecule has 0 amide bonds. The van der Waals surface area contributed by atoms with Gasteiger partial charge in [-0.1, -0.05) is 12.1 Å². The minimum Gasteiger partial charge on any atom is -0.492 e. The minimum atomic E-state index is 0.295. The second-order valence-corrected chi connectivity index (χ2v) is 4.25. The molecule has 1 aromatic carbocycles. The van der Waals surface area contributed by atoms with Gasteiger partial charge in [0.15, 0.2) is 0 Å². The summed E-state index contributed by atoms with van der Waals surface area (Å²) in [5, 5.41) is 0. The maximum atomic E-state index is 6.00. The molecule has 16 heavy (non-hydrogen) atoms. The van der Waals surface area contributed by atoms with Crippen LogP contribution in [-0.4, -0.2) is 25.7 Å². The van der Waals surface area contributed by atoms with Gasteiger partial charge < -0.3 is 15.4 Å². The number of piperidine rings is 1. The van der Waals surface area contributed by atoms with Crippen LogP contribution in [0.3, 0.4) is 0 Å². The molecule has 2 rings (SSSR count). The Labute approximate surface area is 97.2 Å². The minimum absolute atomic E-state index is 0.295. The summed E-state index contributed by atoms with van der Waals surface area (Å²) in [5.41, 5.74) is 7.18. The van der Waals surface area contributed by atoms with Gasteiger partial charge in [0.25, 0.3) is 0 Å². The molecule has 88 valence electrons. The smallest absolute Gasteiger partial charge is 0.142 e. The van der Waals surface area contributed by atoms with Crippen molar-refractivity contribution in [2.45, 2.75) is 25.8 Å². The lowest BCUT2D eigenvalue weighted by atomic mass is 10.1. The van der Waals surface area contributed by atoms with Gasteiger partial charge in [-0.2, -0.15) is 0 Å². The number of nitrogens with two attached hydrogens (primary N) is 1. The molecule has 1 unspecified atom stereocenters. The van der Waals surface area contributed by atoms with Crippen molar-refractivity contribution in [1.82, 2.24) is 0 Å². The Hall–Kier alpha value is -1.22. The number of nitrogens with zero attached hydrogens (tertiary/aromatic N) is 1. The van der Waals surface area contributed by atoms with Crippen LogP contribution in [0.5, 0.6) is 5.75 Å². The quantitative estimate of drug-likeness (QED) is 0.847. The lowest BCUT2D eigenvalue weighted by Crippen LogP contribution is -2.42. The van der Waals surface area contributed by atoms with Crippen molar-refractivity contribution in [2.24, 2.45) is 5.73 Å². The molecule has 3 nitrogen and oxygen atoms in total. The highest BCUT2D eigenvalue weighted by Crippen LogP contribution is 2.29. The van der Waals surface area contributed by atoms with Crippen LogP contribution in [-0.2, 0) is 0 Å². The van der Waals surface area contributed by atoms with E-state index in [1.54, 1.807) is 0 Å².